The summed E-state index contributed by atoms with van der Waals surface area (Å²) >= 11 is 0. The van der Waals surface area contributed by atoms with Crippen LogP contribution in [0.3, 0.4) is 0 Å². The molecule has 1 aromatic carbocycles. The van der Waals surface area contributed by atoms with Crippen LogP contribution < -0.4 is 0 Å². The van der Waals surface area contributed by atoms with Crippen molar-refractivity contribution in [2.45, 2.75) is 65.2 Å². The Morgan fingerprint density at radius 2 is 1.42 bits per heavy atom. The van der Waals surface area contributed by atoms with Crippen molar-refractivity contribution >= 4 is 8.80 Å². The van der Waals surface area contributed by atoms with E-state index < -0.39 is 26.3 Å². The Labute approximate surface area is 143 Å². The average Bonchev–Trinajstić information content (AvgIpc) is 2.47. The van der Waals surface area contributed by atoms with E-state index in [1.54, 1.807) is 7.11 Å². The third-order valence-electron chi connectivity index (χ3n) is 3.38. The minimum Gasteiger partial charge on any atom is -0.377 e. The Morgan fingerprint density at radius 3 is 1.83 bits per heavy atom. The summed E-state index contributed by atoms with van der Waals surface area (Å²) in [5.74, 6) is -3.74. The van der Waals surface area contributed by atoms with Gasteiger partial charge in [-0.1, -0.05) is 0 Å². The van der Waals surface area contributed by atoms with Crippen LogP contribution in [-0.2, 0) is 19.7 Å². The summed E-state index contributed by atoms with van der Waals surface area (Å²) in [7, 11) is -1.19. The molecule has 0 fully saturated rings. The molecule has 0 heterocycles. The second-order valence-electron chi connectivity index (χ2n) is 6.30. The molecule has 0 saturated heterocycles. The second-order valence-corrected chi connectivity index (χ2v) is 9.05. The van der Waals surface area contributed by atoms with Crippen LogP contribution >= 0.6 is 0 Å². The molecule has 0 saturated carbocycles. The fourth-order valence-electron chi connectivity index (χ4n) is 2.49. The number of halogens is 3. The average molecular weight is 364 g/mol. The van der Waals surface area contributed by atoms with E-state index in [4.69, 9.17) is 13.3 Å². The lowest BCUT2D eigenvalue weighted by Gasteiger charge is -2.31. The Bertz CT molecular complexity index is 491. The van der Waals surface area contributed by atoms with E-state index in [1.165, 1.54) is 0 Å². The Balaban J connectivity index is 2.61. The van der Waals surface area contributed by atoms with E-state index >= 15 is 0 Å². The van der Waals surface area contributed by atoms with Crippen molar-refractivity contribution in [2.24, 2.45) is 0 Å². The maximum Gasteiger partial charge on any atom is 0.501 e. The van der Waals surface area contributed by atoms with Crippen molar-refractivity contribution in [1.29, 1.82) is 0 Å². The third kappa shape index (κ3) is 6.55. The lowest BCUT2D eigenvalue weighted by molar-refractivity contribution is 0.0323. The largest absolute Gasteiger partial charge is 0.501 e. The van der Waals surface area contributed by atoms with Gasteiger partial charge < -0.3 is 13.3 Å². The van der Waals surface area contributed by atoms with Gasteiger partial charge in [-0.05, 0) is 64.7 Å². The second kappa shape index (κ2) is 9.55. The van der Waals surface area contributed by atoms with Crippen LogP contribution in [0.5, 0.6) is 0 Å². The van der Waals surface area contributed by atoms with Gasteiger partial charge in [0, 0.05) is 25.4 Å². The molecule has 0 amide bonds. The van der Waals surface area contributed by atoms with Crippen LogP contribution in [0, 0.1) is 17.5 Å². The van der Waals surface area contributed by atoms with Gasteiger partial charge in [0.15, 0.2) is 17.5 Å². The molecule has 1 rings (SSSR count). The van der Waals surface area contributed by atoms with Crippen LogP contribution in [0.4, 0.5) is 13.2 Å². The van der Waals surface area contributed by atoms with Crippen molar-refractivity contribution in [3.05, 3.63) is 35.1 Å². The molecule has 0 atom stereocenters. The molecule has 0 aliphatic rings. The quantitative estimate of drug-likeness (QED) is 0.337. The van der Waals surface area contributed by atoms with Crippen molar-refractivity contribution < 1.29 is 26.4 Å². The number of hydrogen-bond acceptors (Lipinski definition) is 3. The Morgan fingerprint density at radius 1 is 0.917 bits per heavy atom. The standard InChI is InChI=1S/C17H27F3O3Si/c1-12(2)22-24(21-5,23-13(3)4)9-7-6-8-14-10-15(18)17(20)16(19)11-14/h10-13H,6-9H2,1-5H3. The van der Waals surface area contributed by atoms with Gasteiger partial charge in [0.1, 0.15) is 0 Å². The summed E-state index contributed by atoms with van der Waals surface area (Å²) in [4.78, 5) is 0. The molecule has 0 aliphatic heterocycles. The first-order valence-electron chi connectivity index (χ1n) is 8.23. The molecule has 24 heavy (non-hydrogen) atoms. The monoisotopic (exact) mass is 364 g/mol. The summed E-state index contributed by atoms with van der Waals surface area (Å²) in [6, 6.07) is 2.69. The van der Waals surface area contributed by atoms with E-state index in [-0.39, 0.29) is 12.2 Å². The Hall–Kier alpha value is -0.893. The predicted molar refractivity (Wildman–Crippen MR) is 89.3 cm³/mol. The fraction of sp³-hybridized carbons (Fsp3) is 0.647. The van der Waals surface area contributed by atoms with Crippen LogP contribution in [0.2, 0.25) is 6.04 Å². The highest BCUT2D eigenvalue weighted by Crippen LogP contribution is 2.23. The molecule has 0 aromatic heterocycles. The summed E-state index contributed by atoms with van der Waals surface area (Å²) in [5, 5.41) is 0. The molecule has 3 nitrogen and oxygen atoms in total. The van der Waals surface area contributed by atoms with E-state index in [9.17, 15) is 13.2 Å². The zero-order valence-electron chi connectivity index (χ0n) is 15.0. The first kappa shape index (κ1) is 21.2. The zero-order chi connectivity index (χ0) is 18.3. The molecule has 7 heteroatoms. The first-order chi connectivity index (χ1) is 11.2. The lowest BCUT2D eigenvalue weighted by atomic mass is 10.1. The normalized spacial score (nSPS) is 12.4. The minimum atomic E-state index is -2.77. The van der Waals surface area contributed by atoms with Crippen LogP contribution in [0.25, 0.3) is 0 Å². The summed E-state index contributed by atoms with van der Waals surface area (Å²) in [5.41, 5.74) is 0.436. The number of unbranched alkanes of at least 4 members (excludes halogenated alkanes) is 1. The van der Waals surface area contributed by atoms with Crippen molar-refractivity contribution in [2.75, 3.05) is 7.11 Å². The van der Waals surface area contributed by atoms with Crippen LogP contribution in [0.15, 0.2) is 12.1 Å². The minimum absolute atomic E-state index is 0.0179. The highest BCUT2D eigenvalue weighted by atomic mass is 28.4. The number of hydrogen-bond donors (Lipinski definition) is 0. The number of aryl methyl sites for hydroxylation is 1. The SMILES string of the molecule is CO[Si](CCCCc1cc(F)c(F)c(F)c1)(OC(C)C)OC(C)C. The van der Waals surface area contributed by atoms with Gasteiger partial charge in [0.2, 0.25) is 0 Å². The van der Waals surface area contributed by atoms with Gasteiger partial charge >= 0.3 is 8.80 Å². The van der Waals surface area contributed by atoms with Crippen molar-refractivity contribution in [3.63, 3.8) is 0 Å². The highest BCUT2D eigenvalue weighted by molar-refractivity contribution is 6.60. The molecule has 0 unspecified atom stereocenters. The first-order valence-corrected chi connectivity index (χ1v) is 10.2. The zero-order valence-corrected chi connectivity index (χ0v) is 16.0. The number of rotatable bonds is 10. The molecule has 0 N–H and O–H groups in total. The molecular formula is C17H27F3O3Si. The molecular weight excluding hydrogens is 337 g/mol. The van der Waals surface area contributed by atoms with E-state index in [1.807, 2.05) is 27.7 Å². The maximum atomic E-state index is 13.2. The summed E-state index contributed by atoms with van der Waals surface area (Å²) in [6.45, 7) is 7.70. The van der Waals surface area contributed by atoms with Gasteiger partial charge in [-0.15, -0.1) is 0 Å². The van der Waals surface area contributed by atoms with Gasteiger partial charge in [-0.2, -0.15) is 0 Å². The van der Waals surface area contributed by atoms with E-state index in [0.717, 1.165) is 18.6 Å². The van der Waals surface area contributed by atoms with Crippen LogP contribution in [0.1, 0.15) is 46.1 Å². The molecule has 1 aromatic rings. The van der Waals surface area contributed by atoms with E-state index in [2.05, 4.69) is 0 Å². The number of benzene rings is 1. The molecule has 0 radical (unpaired) electrons. The predicted octanol–water partition coefficient (Wildman–Crippen LogP) is 4.86. The third-order valence-corrected chi connectivity index (χ3v) is 6.63. The highest BCUT2D eigenvalue weighted by Gasteiger charge is 2.41. The molecule has 138 valence electrons. The molecule has 0 bridgehead atoms. The van der Waals surface area contributed by atoms with Gasteiger partial charge in [-0.25, -0.2) is 13.2 Å². The van der Waals surface area contributed by atoms with Gasteiger partial charge in [0.25, 0.3) is 0 Å². The van der Waals surface area contributed by atoms with Gasteiger partial charge in [0.05, 0.1) is 0 Å². The van der Waals surface area contributed by atoms with Gasteiger partial charge in [-0.3, -0.25) is 0 Å². The summed E-state index contributed by atoms with van der Waals surface area (Å²) in [6.07, 6.45) is 1.81. The van der Waals surface area contributed by atoms with Crippen LogP contribution in [-0.4, -0.2) is 28.1 Å². The fourth-order valence-corrected chi connectivity index (χ4v) is 5.29. The molecule has 0 spiro atoms. The maximum absolute atomic E-state index is 13.2. The van der Waals surface area contributed by atoms with E-state index in [0.29, 0.717) is 24.4 Å². The summed E-state index contributed by atoms with van der Waals surface area (Å²) < 4.78 is 56.8. The smallest absolute Gasteiger partial charge is 0.377 e. The topological polar surface area (TPSA) is 27.7 Å². The van der Waals surface area contributed by atoms with Crippen molar-refractivity contribution in [1.82, 2.24) is 0 Å². The lowest BCUT2D eigenvalue weighted by Crippen LogP contribution is -2.48. The Kier molecular flexibility index (Phi) is 8.42. The van der Waals surface area contributed by atoms with Crippen molar-refractivity contribution in [3.8, 4) is 0 Å². The molecule has 0 aliphatic carbocycles.